The van der Waals surface area contributed by atoms with Crippen LogP contribution in [0.4, 0.5) is 0 Å². The number of hydrogen-bond acceptors (Lipinski definition) is 2. The number of thiophene rings is 1. The van der Waals surface area contributed by atoms with Crippen molar-refractivity contribution < 1.29 is 0 Å². The van der Waals surface area contributed by atoms with Gasteiger partial charge in [0.1, 0.15) is 0 Å². The summed E-state index contributed by atoms with van der Waals surface area (Å²) in [5.74, 6) is 0. The van der Waals surface area contributed by atoms with E-state index in [-0.39, 0.29) is 0 Å². The van der Waals surface area contributed by atoms with Crippen LogP contribution in [0.25, 0.3) is 0 Å². The molecule has 1 aromatic heterocycles. The Balaban J connectivity index is 1.83. The molecule has 0 radical (unpaired) electrons. The van der Waals surface area contributed by atoms with Crippen LogP contribution in [0.2, 0.25) is 0 Å². The molecule has 2 heteroatoms. The van der Waals surface area contributed by atoms with Gasteiger partial charge in [-0.1, -0.05) is 29.8 Å². The van der Waals surface area contributed by atoms with Crippen molar-refractivity contribution >= 4 is 11.3 Å². The molecule has 1 heterocycles. The van der Waals surface area contributed by atoms with Crippen LogP contribution < -0.4 is 5.32 Å². The minimum atomic E-state index is 0.425. The second kappa shape index (κ2) is 5.99. The number of aryl methyl sites for hydroxylation is 1. The largest absolute Gasteiger partial charge is 0.310 e. The van der Waals surface area contributed by atoms with Gasteiger partial charge >= 0.3 is 0 Å². The van der Waals surface area contributed by atoms with E-state index in [1.807, 2.05) is 0 Å². The first-order chi connectivity index (χ1) is 8.25. The molecule has 0 aliphatic carbocycles. The van der Waals surface area contributed by atoms with Gasteiger partial charge < -0.3 is 5.32 Å². The first-order valence-electron chi connectivity index (χ1n) is 6.07. The Morgan fingerprint density at radius 2 is 2.18 bits per heavy atom. The Morgan fingerprint density at radius 3 is 2.88 bits per heavy atom. The minimum absolute atomic E-state index is 0.425. The molecule has 90 valence electrons. The maximum Gasteiger partial charge on any atom is 0.0292 e. The van der Waals surface area contributed by atoms with Crippen molar-refractivity contribution in [1.29, 1.82) is 0 Å². The molecule has 0 unspecified atom stereocenters. The third-order valence-corrected chi connectivity index (χ3v) is 3.72. The molecule has 1 N–H and O–H groups in total. The van der Waals surface area contributed by atoms with Crippen LogP contribution in [0.5, 0.6) is 0 Å². The molecule has 0 aliphatic rings. The zero-order chi connectivity index (χ0) is 12.1. The Kier molecular flexibility index (Phi) is 4.35. The summed E-state index contributed by atoms with van der Waals surface area (Å²) < 4.78 is 0. The number of nitrogens with one attached hydrogen (secondary N) is 1. The maximum atomic E-state index is 3.57. The topological polar surface area (TPSA) is 12.0 Å². The fourth-order valence-electron chi connectivity index (χ4n) is 1.93. The molecule has 0 amide bonds. The third-order valence-electron chi connectivity index (χ3n) is 2.99. The highest BCUT2D eigenvalue weighted by Crippen LogP contribution is 2.14. The zero-order valence-corrected chi connectivity index (χ0v) is 11.3. The van der Waals surface area contributed by atoms with Gasteiger partial charge in [-0.2, -0.15) is 11.3 Å². The van der Waals surface area contributed by atoms with Crippen LogP contribution in [0.1, 0.15) is 29.7 Å². The summed E-state index contributed by atoms with van der Waals surface area (Å²) >= 11 is 1.77. The van der Waals surface area contributed by atoms with E-state index in [2.05, 4.69) is 60.3 Å². The van der Waals surface area contributed by atoms with Crippen LogP contribution in [-0.2, 0) is 6.42 Å². The number of benzene rings is 1. The summed E-state index contributed by atoms with van der Waals surface area (Å²) in [5, 5.41) is 7.93. The van der Waals surface area contributed by atoms with Crippen molar-refractivity contribution in [3.8, 4) is 0 Å². The molecule has 1 atom stereocenters. The summed E-state index contributed by atoms with van der Waals surface area (Å²) in [6, 6.07) is 11.3. The summed E-state index contributed by atoms with van der Waals surface area (Å²) in [7, 11) is 0. The second-order valence-electron chi connectivity index (χ2n) is 4.47. The first kappa shape index (κ1) is 12.3. The van der Waals surface area contributed by atoms with Gasteiger partial charge in [0, 0.05) is 6.04 Å². The fraction of sp³-hybridized carbons (Fsp3) is 0.333. The van der Waals surface area contributed by atoms with Crippen LogP contribution in [0, 0.1) is 6.92 Å². The lowest BCUT2D eigenvalue weighted by atomic mass is 10.1. The summed E-state index contributed by atoms with van der Waals surface area (Å²) in [5.41, 5.74) is 4.13. The lowest BCUT2D eigenvalue weighted by Gasteiger charge is -2.14. The van der Waals surface area contributed by atoms with E-state index < -0.39 is 0 Å². The molecule has 2 aromatic rings. The van der Waals surface area contributed by atoms with E-state index in [1.165, 1.54) is 16.7 Å². The molecule has 17 heavy (non-hydrogen) atoms. The van der Waals surface area contributed by atoms with Gasteiger partial charge in [-0.25, -0.2) is 0 Å². The fourth-order valence-corrected chi connectivity index (χ4v) is 2.63. The summed E-state index contributed by atoms with van der Waals surface area (Å²) in [6.07, 6.45) is 1.11. The average molecular weight is 245 g/mol. The van der Waals surface area contributed by atoms with Crippen LogP contribution in [0.3, 0.4) is 0 Å². The van der Waals surface area contributed by atoms with Crippen molar-refractivity contribution in [3.63, 3.8) is 0 Å². The monoisotopic (exact) mass is 245 g/mol. The van der Waals surface area contributed by atoms with Crippen LogP contribution in [0.15, 0.2) is 41.1 Å². The maximum absolute atomic E-state index is 3.57. The summed E-state index contributed by atoms with van der Waals surface area (Å²) in [4.78, 5) is 0. The van der Waals surface area contributed by atoms with E-state index in [0.717, 1.165) is 13.0 Å². The molecular formula is C15H19NS. The molecule has 1 nitrogen and oxygen atoms in total. The number of hydrogen-bond donors (Lipinski definition) is 1. The van der Waals surface area contributed by atoms with Gasteiger partial charge in [0.2, 0.25) is 0 Å². The molecule has 0 fully saturated rings. The van der Waals surface area contributed by atoms with Gasteiger partial charge in [-0.3, -0.25) is 0 Å². The lowest BCUT2D eigenvalue weighted by molar-refractivity contribution is 0.577. The van der Waals surface area contributed by atoms with Gasteiger partial charge in [0.25, 0.3) is 0 Å². The zero-order valence-electron chi connectivity index (χ0n) is 10.4. The van der Waals surface area contributed by atoms with Gasteiger partial charge in [-0.05, 0) is 54.8 Å². The van der Waals surface area contributed by atoms with Gasteiger partial charge in [0.05, 0.1) is 0 Å². The Labute approximate surface area is 108 Å². The SMILES string of the molecule is Cc1cccc([C@H](C)NCCc2ccsc2)c1. The Hall–Kier alpha value is -1.12. The quantitative estimate of drug-likeness (QED) is 0.841. The predicted molar refractivity (Wildman–Crippen MR) is 75.6 cm³/mol. The summed E-state index contributed by atoms with van der Waals surface area (Å²) in [6.45, 7) is 5.40. The molecule has 0 spiro atoms. The van der Waals surface area contributed by atoms with Crippen molar-refractivity contribution in [2.45, 2.75) is 26.3 Å². The Morgan fingerprint density at radius 1 is 1.29 bits per heavy atom. The first-order valence-corrected chi connectivity index (χ1v) is 7.01. The molecule has 2 rings (SSSR count). The minimum Gasteiger partial charge on any atom is -0.310 e. The predicted octanol–water partition coefficient (Wildman–Crippen LogP) is 3.95. The van der Waals surface area contributed by atoms with Crippen molar-refractivity contribution in [3.05, 3.63) is 57.8 Å². The number of rotatable bonds is 5. The van der Waals surface area contributed by atoms with Gasteiger partial charge in [0.15, 0.2) is 0 Å². The van der Waals surface area contributed by atoms with E-state index in [9.17, 15) is 0 Å². The third kappa shape index (κ3) is 3.69. The van der Waals surface area contributed by atoms with Crippen molar-refractivity contribution in [2.75, 3.05) is 6.54 Å². The van der Waals surface area contributed by atoms with E-state index in [0.29, 0.717) is 6.04 Å². The molecule has 1 aromatic carbocycles. The van der Waals surface area contributed by atoms with Crippen molar-refractivity contribution in [2.24, 2.45) is 0 Å². The van der Waals surface area contributed by atoms with E-state index in [4.69, 9.17) is 0 Å². The smallest absolute Gasteiger partial charge is 0.0292 e. The van der Waals surface area contributed by atoms with E-state index >= 15 is 0 Å². The Bertz CT molecular complexity index is 448. The molecule has 0 bridgehead atoms. The highest BCUT2D eigenvalue weighted by atomic mass is 32.1. The highest BCUT2D eigenvalue weighted by Gasteiger charge is 2.04. The molecular weight excluding hydrogens is 226 g/mol. The molecule has 0 saturated heterocycles. The van der Waals surface area contributed by atoms with Gasteiger partial charge in [-0.15, -0.1) is 0 Å². The second-order valence-corrected chi connectivity index (χ2v) is 5.25. The van der Waals surface area contributed by atoms with Crippen LogP contribution in [-0.4, -0.2) is 6.54 Å². The highest BCUT2D eigenvalue weighted by molar-refractivity contribution is 7.07. The normalized spacial score (nSPS) is 12.6. The molecule has 0 aliphatic heterocycles. The van der Waals surface area contributed by atoms with E-state index in [1.54, 1.807) is 11.3 Å². The van der Waals surface area contributed by atoms with Crippen LogP contribution >= 0.6 is 11.3 Å². The van der Waals surface area contributed by atoms with Crippen molar-refractivity contribution in [1.82, 2.24) is 5.32 Å². The standard InChI is InChI=1S/C15H19NS/c1-12-4-3-5-15(10-12)13(2)16-8-6-14-7-9-17-11-14/h3-5,7,9-11,13,16H,6,8H2,1-2H3/t13-/m0/s1. The average Bonchev–Trinajstić information content (AvgIpc) is 2.82. The molecule has 0 saturated carbocycles. The lowest BCUT2D eigenvalue weighted by Crippen LogP contribution is -2.21.